The molecule has 1 aromatic carbocycles. The van der Waals surface area contributed by atoms with E-state index in [1.165, 1.54) is 0 Å². The molecule has 1 aliphatic heterocycles. The van der Waals surface area contributed by atoms with Gasteiger partial charge in [0.25, 0.3) is 0 Å². The first kappa shape index (κ1) is 12.7. The van der Waals surface area contributed by atoms with Gasteiger partial charge in [0.15, 0.2) is 0 Å². The van der Waals surface area contributed by atoms with E-state index in [4.69, 9.17) is 0 Å². The monoisotopic (exact) mass is 251 g/mol. The van der Waals surface area contributed by atoms with Gasteiger partial charge < -0.3 is 5.32 Å². The Hall–Kier alpha value is -0.800. The minimum Gasteiger partial charge on any atom is -0.307 e. The molecule has 3 heteroatoms. The lowest BCUT2D eigenvalue weighted by atomic mass is 10.0. The Labute approximate surface area is 106 Å². The van der Waals surface area contributed by atoms with Crippen LogP contribution in [0.1, 0.15) is 31.4 Å². The summed E-state index contributed by atoms with van der Waals surface area (Å²) in [4.78, 5) is 0.821. The Bertz CT molecular complexity index is 405. The molecule has 0 saturated heterocycles. The lowest BCUT2D eigenvalue weighted by Crippen LogP contribution is -2.32. The average Bonchev–Trinajstić information content (AvgIpc) is 2.31. The number of halogens is 1. The van der Waals surface area contributed by atoms with Crippen LogP contribution in [0.3, 0.4) is 0 Å². The number of rotatable bonds is 4. The summed E-state index contributed by atoms with van der Waals surface area (Å²) < 4.78 is 13.7. The number of hydrogen-bond donors (Lipinski definition) is 1. The van der Waals surface area contributed by atoms with E-state index in [1.807, 2.05) is 12.1 Å². The molecule has 1 N–H and O–H groups in total. The maximum absolute atomic E-state index is 13.7. The minimum absolute atomic E-state index is 0.0876. The van der Waals surface area contributed by atoms with Gasteiger partial charge in [-0.05, 0) is 37.1 Å². The summed E-state index contributed by atoms with van der Waals surface area (Å²) in [5, 5.41) is 3.55. The summed E-state index contributed by atoms with van der Waals surface area (Å²) in [7, 11) is 0. The zero-order chi connectivity index (χ0) is 12.3. The molecular weight excluding hydrogens is 233 g/mol. The summed E-state index contributed by atoms with van der Waals surface area (Å²) in [5.74, 6) is 0.891. The molecular formula is C14H18FNS. The highest BCUT2D eigenvalue weighted by Gasteiger charge is 2.23. The van der Waals surface area contributed by atoms with E-state index < -0.39 is 0 Å². The van der Waals surface area contributed by atoms with Crippen LogP contribution in [0.2, 0.25) is 0 Å². The van der Waals surface area contributed by atoms with Crippen LogP contribution in [0.15, 0.2) is 35.7 Å². The largest absolute Gasteiger partial charge is 0.307 e. The summed E-state index contributed by atoms with van der Waals surface area (Å²) in [6.45, 7) is 5.89. The van der Waals surface area contributed by atoms with Crippen molar-refractivity contribution in [3.05, 3.63) is 42.2 Å². The smallest absolute Gasteiger partial charge is 0.137 e. The minimum atomic E-state index is -0.0876. The van der Waals surface area contributed by atoms with Crippen LogP contribution in [0.4, 0.5) is 4.39 Å². The first-order chi connectivity index (χ1) is 8.22. The first-order valence-electron chi connectivity index (χ1n) is 6.00. The van der Waals surface area contributed by atoms with Crippen LogP contribution >= 0.6 is 11.8 Å². The molecule has 2 unspecified atom stereocenters. The van der Waals surface area contributed by atoms with Crippen molar-refractivity contribution in [2.45, 2.75) is 36.7 Å². The zero-order valence-corrected chi connectivity index (χ0v) is 10.9. The molecule has 0 fully saturated rings. The maximum atomic E-state index is 13.7. The van der Waals surface area contributed by atoms with Gasteiger partial charge in [0.05, 0.1) is 0 Å². The van der Waals surface area contributed by atoms with E-state index in [9.17, 15) is 4.39 Å². The van der Waals surface area contributed by atoms with E-state index in [2.05, 4.69) is 18.8 Å². The quantitative estimate of drug-likeness (QED) is 0.814. The number of thioether (sulfide) groups is 1. The van der Waals surface area contributed by atoms with Crippen LogP contribution in [-0.2, 0) is 0 Å². The molecule has 1 aromatic rings. The molecule has 1 nitrogen and oxygen atoms in total. The number of fused-ring (bicyclic) bond motifs is 1. The molecule has 2 atom stereocenters. The van der Waals surface area contributed by atoms with E-state index in [1.54, 1.807) is 23.9 Å². The zero-order valence-electron chi connectivity index (χ0n) is 10.1. The van der Waals surface area contributed by atoms with Crippen molar-refractivity contribution in [2.24, 2.45) is 0 Å². The molecule has 0 amide bonds. The second kappa shape index (κ2) is 5.69. The molecule has 1 heterocycles. The maximum Gasteiger partial charge on any atom is 0.137 e. The number of nitrogens with one attached hydrogen (secondary N) is 1. The fourth-order valence-electron chi connectivity index (χ4n) is 2.22. The van der Waals surface area contributed by atoms with Crippen LogP contribution in [0.5, 0.6) is 0 Å². The van der Waals surface area contributed by atoms with Crippen LogP contribution < -0.4 is 5.32 Å². The van der Waals surface area contributed by atoms with Gasteiger partial charge in [-0.15, -0.1) is 18.3 Å². The van der Waals surface area contributed by atoms with E-state index in [0.717, 1.165) is 29.1 Å². The first-order valence-corrected chi connectivity index (χ1v) is 6.99. The van der Waals surface area contributed by atoms with E-state index in [-0.39, 0.29) is 11.9 Å². The highest BCUT2D eigenvalue weighted by atomic mass is 32.2. The number of benzene rings is 1. The Balaban J connectivity index is 2.17. The molecule has 1 aliphatic rings. The molecule has 0 saturated carbocycles. The molecule has 17 heavy (non-hydrogen) atoms. The molecule has 0 spiro atoms. The lowest BCUT2D eigenvalue weighted by molar-refractivity contribution is 0.436. The van der Waals surface area contributed by atoms with Crippen molar-refractivity contribution in [1.82, 2.24) is 5.32 Å². The van der Waals surface area contributed by atoms with Crippen molar-refractivity contribution >= 4 is 11.8 Å². The normalized spacial score (nSPS) is 20.7. The van der Waals surface area contributed by atoms with Crippen molar-refractivity contribution < 1.29 is 4.39 Å². The predicted octanol–water partition coefficient (Wildman–Crippen LogP) is 3.92. The van der Waals surface area contributed by atoms with Crippen LogP contribution in [0, 0.1) is 5.82 Å². The van der Waals surface area contributed by atoms with Crippen molar-refractivity contribution in [3.8, 4) is 0 Å². The second-order valence-corrected chi connectivity index (χ2v) is 5.55. The van der Waals surface area contributed by atoms with Gasteiger partial charge in [0.2, 0.25) is 0 Å². The highest BCUT2D eigenvalue weighted by Crippen LogP contribution is 2.37. The van der Waals surface area contributed by atoms with Gasteiger partial charge in [0, 0.05) is 17.0 Å². The fourth-order valence-corrected chi connectivity index (χ4v) is 3.36. The molecule has 2 rings (SSSR count). The summed E-state index contributed by atoms with van der Waals surface area (Å²) in [5.41, 5.74) is 1.11. The average molecular weight is 251 g/mol. The van der Waals surface area contributed by atoms with Crippen molar-refractivity contribution in [2.75, 3.05) is 5.75 Å². The van der Waals surface area contributed by atoms with Gasteiger partial charge in [-0.1, -0.05) is 18.2 Å². The predicted molar refractivity (Wildman–Crippen MR) is 71.9 cm³/mol. The Morgan fingerprint density at radius 3 is 3.24 bits per heavy atom. The third kappa shape index (κ3) is 2.90. The Morgan fingerprint density at radius 1 is 1.65 bits per heavy atom. The topological polar surface area (TPSA) is 12.0 Å². The van der Waals surface area contributed by atoms with Gasteiger partial charge in [0.1, 0.15) is 5.82 Å². The summed E-state index contributed by atoms with van der Waals surface area (Å²) in [6, 6.07) is 6.03. The Morgan fingerprint density at radius 2 is 2.47 bits per heavy atom. The third-order valence-corrected chi connectivity index (χ3v) is 4.19. The van der Waals surface area contributed by atoms with Crippen molar-refractivity contribution in [3.63, 3.8) is 0 Å². The van der Waals surface area contributed by atoms with Crippen molar-refractivity contribution in [1.29, 1.82) is 0 Å². The lowest BCUT2D eigenvalue weighted by Gasteiger charge is -2.28. The molecule has 0 aromatic heterocycles. The SMILES string of the molecule is C=CCC(C)NC1CCSc2c(F)cccc21. The summed E-state index contributed by atoms with van der Waals surface area (Å²) in [6.07, 6.45) is 3.92. The number of hydrogen-bond acceptors (Lipinski definition) is 2. The fraction of sp³-hybridized carbons (Fsp3) is 0.429. The van der Waals surface area contributed by atoms with Gasteiger partial charge in [-0.3, -0.25) is 0 Å². The van der Waals surface area contributed by atoms with Crippen LogP contribution in [0.25, 0.3) is 0 Å². The molecule has 0 aliphatic carbocycles. The van der Waals surface area contributed by atoms with Gasteiger partial charge in [-0.2, -0.15) is 0 Å². The van der Waals surface area contributed by atoms with Gasteiger partial charge in [-0.25, -0.2) is 4.39 Å². The highest BCUT2D eigenvalue weighted by molar-refractivity contribution is 7.99. The van der Waals surface area contributed by atoms with E-state index >= 15 is 0 Å². The standard InChI is InChI=1S/C14H18FNS/c1-3-5-10(2)16-13-8-9-17-14-11(13)6-4-7-12(14)15/h3-4,6-7,10,13,16H,1,5,8-9H2,2H3. The van der Waals surface area contributed by atoms with E-state index in [0.29, 0.717) is 6.04 Å². The van der Waals surface area contributed by atoms with Crippen LogP contribution in [-0.4, -0.2) is 11.8 Å². The second-order valence-electron chi connectivity index (χ2n) is 4.44. The summed E-state index contributed by atoms with van der Waals surface area (Å²) >= 11 is 1.62. The molecule has 92 valence electrons. The Kier molecular flexibility index (Phi) is 4.24. The molecule has 0 radical (unpaired) electrons. The molecule has 0 bridgehead atoms. The third-order valence-electron chi connectivity index (χ3n) is 3.03. The van der Waals surface area contributed by atoms with Gasteiger partial charge >= 0.3 is 0 Å².